The van der Waals surface area contributed by atoms with Gasteiger partial charge >= 0.3 is 0 Å². The lowest BCUT2D eigenvalue weighted by atomic mass is 10.00. The second-order valence-corrected chi connectivity index (χ2v) is 3.76. The van der Waals surface area contributed by atoms with Crippen LogP contribution >= 0.6 is 0 Å². The average Bonchev–Trinajstić information content (AvgIpc) is 2.66. The molecule has 0 spiro atoms. The molecule has 4 nitrogen and oxygen atoms in total. The van der Waals surface area contributed by atoms with Crippen molar-refractivity contribution in [2.75, 3.05) is 13.1 Å². The highest BCUT2D eigenvalue weighted by atomic mass is 16.2. The van der Waals surface area contributed by atoms with Gasteiger partial charge in [-0.1, -0.05) is 6.42 Å². The third-order valence-corrected chi connectivity index (χ3v) is 3.04. The van der Waals surface area contributed by atoms with Crippen molar-refractivity contribution in [3.05, 3.63) is 0 Å². The van der Waals surface area contributed by atoms with Crippen molar-refractivity contribution in [3.63, 3.8) is 0 Å². The van der Waals surface area contributed by atoms with Crippen molar-refractivity contribution in [1.82, 2.24) is 4.90 Å². The number of hydrogen-bond donors (Lipinski definition) is 1. The molecule has 1 saturated carbocycles. The van der Waals surface area contributed by atoms with Crippen LogP contribution in [-0.2, 0) is 9.59 Å². The molecule has 2 aliphatic rings. The molecular formula is C9H14N2O2. The summed E-state index contributed by atoms with van der Waals surface area (Å²) in [5, 5.41) is 0. The van der Waals surface area contributed by atoms with Crippen molar-refractivity contribution in [1.29, 1.82) is 0 Å². The maximum Gasteiger partial charge on any atom is 0.233 e. The van der Waals surface area contributed by atoms with Crippen LogP contribution in [0.25, 0.3) is 0 Å². The molecule has 2 unspecified atom stereocenters. The SMILES string of the molecule is NCCN1C(=O)C2CCCC2C1=O. The number of imide groups is 1. The van der Waals surface area contributed by atoms with Gasteiger partial charge in [-0.2, -0.15) is 0 Å². The molecular weight excluding hydrogens is 168 g/mol. The lowest BCUT2D eigenvalue weighted by molar-refractivity contribution is -0.140. The van der Waals surface area contributed by atoms with Crippen LogP contribution in [0.5, 0.6) is 0 Å². The molecule has 2 N–H and O–H groups in total. The van der Waals surface area contributed by atoms with E-state index in [-0.39, 0.29) is 23.7 Å². The molecule has 2 atom stereocenters. The first-order valence-electron chi connectivity index (χ1n) is 4.81. The minimum atomic E-state index is -0.0148. The fourth-order valence-electron chi connectivity index (χ4n) is 2.41. The van der Waals surface area contributed by atoms with Crippen LogP contribution in [0.3, 0.4) is 0 Å². The Labute approximate surface area is 77.1 Å². The van der Waals surface area contributed by atoms with Gasteiger partial charge in [0.2, 0.25) is 11.8 Å². The molecule has 0 aromatic heterocycles. The topological polar surface area (TPSA) is 63.4 Å². The Balaban J connectivity index is 2.16. The molecule has 72 valence electrons. The zero-order chi connectivity index (χ0) is 9.42. The first-order valence-corrected chi connectivity index (χ1v) is 4.81. The molecule has 0 radical (unpaired) electrons. The number of nitrogens with two attached hydrogens (primary N) is 1. The lowest BCUT2D eigenvalue weighted by Crippen LogP contribution is -2.35. The summed E-state index contributed by atoms with van der Waals surface area (Å²) in [5.74, 6) is -0.00556. The largest absolute Gasteiger partial charge is 0.329 e. The highest BCUT2D eigenvalue weighted by Gasteiger charge is 2.49. The van der Waals surface area contributed by atoms with E-state index in [0.717, 1.165) is 19.3 Å². The Kier molecular flexibility index (Phi) is 2.07. The van der Waals surface area contributed by atoms with Crippen LogP contribution in [0, 0.1) is 11.8 Å². The summed E-state index contributed by atoms with van der Waals surface area (Å²) < 4.78 is 0. The van der Waals surface area contributed by atoms with E-state index in [1.165, 1.54) is 4.90 Å². The zero-order valence-electron chi connectivity index (χ0n) is 7.53. The Morgan fingerprint density at radius 3 is 2.23 bits per heavy atom. The van der Waals surface area contributed by atoms with Crippen molar-refractivity contribution in [2.24, 2.45) is 17.6 Å². The van der Waals surface area contributed by atoms with Gasteiger partial charge in [-0.3, -0.25) is 14.5 Å². The molecule has 4 heteroatoms. The summed E-state index contributed by atoms with van der Waals surface area (Å²) in [7, 11) is 0. The smallest absolute Gasteiger partial charge is 0.233 e. The first kappa shape index (κ1) is 8.69. The average molecular weight is 182 g/mol. The van der Waals surface area contributed by atoms with Crippen LogP contribution in [0.4, 0.5) is 0 Å². The van der Waals surface area contributed by atoms with Crippen molar-refractivity contribution in [3.8, 4) is 0 Å². The number of hydrogen-bond acceptors (Lipinski definition) is 3. The normalized spacial score (nSPS) is 32.8. The van der Waals surface area contributed by atoms with Crippen molar-refractivity contribution >= 4 is 11.8 Å². The zero-order valence-corrected chi connectivity index (χ0v) is 7.53. The number of amides is 2. The molecule has 1 saturated heterocycles. The Morgan fingerprint density at radius 2 is 1.77 bits per heavy atom. The third kappa shape index (κ3) is 1.16. The summed E-state index contributed by atoms with van der Waals surface area (Å²) in [6.45, 7) is 0.765. The molecule has 2 fully saturated rings. The molecule has 1 heterocycles. The van der Waals surface area contributed by atoms with Gasteiger partial charge in [0.1, 0.15) is 0 Å². The summed E-state index contributed by atoms with van der Waals surface area (Å²) >= 11 is 0. The van der Waals surface area contributed by atoms with E-state index >= 15 is 0 Å². The maximum absolute atomic E-state index is 11.6. The lowest BCUT2D eigenvalue weighted by Gasteiger charge is -2.13. The van der Waals surface area contributed by atoms with Crippen molar-refractivity contribution in [2.45, 2.75) is 19.3 Å². The van der Waals surface area contributed by atoms with Crippen LogP contribution in [-0.4, -0.2) is 29.8 Å². The molecule has 0 aromatic rings. The predicted molar refractivity (Wildman–Crippen MR) is 46.6 cm³/mol. The second kappa shape index (κ2) is 3.10. The minimum Gasteiger partial charge on any atom is -0.329 e. The molecule has 2 amide bonds. The molecule has 1 aliphatic heterocycles. The number of carbonyl (C=O) groups excluding carboxylic acids is 2. The summed E-state index contributed by atoms with van der Waals surface area (Å²) in [5.41, 5.74) is 5.34. The number of likely N-dealkylation sites (tertiary alicyclic amines) is 1. The highest BCUT2D eigenvalue weighted by molar-refractivity contribution is 6.05. The minimum absolute atomic E-state index is 0.0120. The van der Waals surface area contributed by atoms with Gasteiger partial charge in [-0.15, -0.1) is 0 Å². The Morgan fingerprint density at radius 1 is 1.23 bits per heavy atom. The standard InChI is InChI=1S/C9H14N2O2/c10-4-5-11-8(12)6-2-1-3-7(6)9(11)13/h6-7H,1-5,10H2. The van der Waals surface area contributed by atoms with Crippen LogP contribution in [0.1, 0.15) is 19.3 Å². The first-order chi connectivity index (χ1) is 6.25. The van der Waals surface area contributed by atoms with Crippen LogP contribution in [0.2, 0.25) is 0 Å². The van der Waals surface area contributed by atoms with Crippen molar-refractivity contribution < 1.29 is 9.59 Å². The van der Waals surface area contributed by atoms with E-state index in [1.807, 2.05) is 0 Å². The summed E-state index contributed by atoms with van der Waals surface area (Å²) in [6, 6.07) is 0. The molecule has 1 aliphatic carbocycles. The maximum atomic E-state index is 11.6. The van der Waals surface area contributed by atoms with Gasteiger partial charge in [-0.05, 0) is 12.8 Å². The van der Waals surface area contributed by atoms with E-state index in [2.05, 4.69) is 0 Å². The second-order valence-electron chi connectivity index (χ2n) is 3.76. The molecule has 0 aromatic carbocycles. The van der Waals surface area contributed by atoms with Gasteiger partial charge in [0.05, 0.1) is 11.8 Å². The fourth-order valence-corrected chi connectivity index (χ4v) is 2.41. The summed E-state index contributed by atoms with van der Waals surface area (Å²) in [4.78, 5) is 24.6. The van der Waals surface area contributed by atoms with Crippen LogP contribution < -0.4 is 5.73 Å². The van der Waals surface area contributed by atoms with Crippen LogP contribution in [0.15, 0.2) is 0 Å². The number of carbonyl (C=O) groups is 2. The van der Waals surface area contributed by atoms with Gasteiger partial charge < -0.3 is 5.73 Å². The van der Waals surface area contributed by atoms with E-state index in [0.29, 0.717) is 13.1 Å². The Hall–Kier alpha value is -0.900. The number of nitrogens with zero attached hydrogens (tertiary/aromatic N) is 1. The summed E-state index contributed by atoms with van der Waals surface area (Å²) in [6.07, 6.45) is 2.79. The molecule has 2 rings (SSSR count). The molecule has 13 heavy (non-hydrogen) atoms. The molecule has 0 bridgehead atoms. The van der Waals surface area contributed by atoms with E-state index in [9.17, 15) is 9.59 Å². The van der Waals surface area contributed by atoms with Gasteiger partial charge in [0, 0.05) is 13.1 Å². The van der Waals surface area contributed by atoms with E-state index in [4.69, 9.17) is 5.73 Å². The van der Waals surface area contributed by atoms with Gasteiger partial charge in [-0.25, -0.2) is 0 Å². The van der Waals surface area contributed by atoms with Gasteiger partial charge in [0.25, 0.3) is 0 Å². The van der Waals surface area contributed by atoms with E-state index in [1.54, 1.807) is 0 Å². The highest BCUT2D eigenvalue weighted by Crippen LogP contribution is 2.39. The monoisotopic (exact) mass is 182 g/mol. The quantitative estimate of drug-likeness (QED) is 0.598. The predicted octanol–water partition coefficient (Wildman–Crippen LogP) is -0.270. The van der Waals surface area contributed by atoms with Gasteiger partial charge in [0.15, 0.2) is 0 Å². The number of fused-ring (bicyclic) bond motifs is 1. The fraction of sp³-hybridized carbons (Fsp3) is 0.778. The Bertz CT molecular complexity index is 230. The number of rotatable bonds is 2. The van der Waals surface area contributed by atoms with E-state index < -0.39 is 0 Å². The third-order valence-electron chi connectivity index (χ3n) is 3.04.